The van der Waals surface area contributed by atoms with E-state index in [1.165, 1.54) is 24.3 Å². The number of aliphatic hydroxyl groups is 2. The van der Waals surface area contributed by atoms with Gasteiger partial charge in [-0.15, -0.1) is 0 Å². The molecular weight excluding hydrogens is 366 g/mol. The number of aromatic nitrogens is 4. The molecule has 3 N–H and O–H groups in total. The summed E-state index contributed by atoms with van der Waals surface area (Å²) in [6, 6.07) is 8.73. The molecule has 4 atom stereocenters. The highest BCUT2D eigenvalue weighted by atomic mass is 16.6. The van der Waals surface area contributed by atoms with Crippen LogP contribution in [0.4, 0.5) is 5.82 Å². The van der Waals surface area contributed by atoms with Crippen LogP contribution in [0, 0.1) is 0 Å². The van der Waals surface area contributed by atoms with E-state index >= 15 is 0 Å². The van der Waals surface area contributed by atoms with Crippen molar-refractivity contribution in [2.75, 3.05) is 19.0 Å². The molecule has 0 spiro atoms. The number of imidazole rings is 1. The van der Waals surface area contributed by atoms with E-state index in [4.69, 9.17) is 9.47 Å². The van der Waals surface area contributed by atoms with Gasteiger partial charge >= 0.3 is 0 Å². The van der Waals surface area contributed by atoms with Crippen LogP contribution in [0.5, 0.6) is 0 Å². The third-order valence-corrected chi connectivity index (χ3v) is 4.66. The van der Waals surface area contributed by atoms with E-state index in [-0.39, 0.29) is 18.3 Å². The van der Waals surface area contributed by atoms with Crippen molar-refractivity contribution in [2.45, 2.75) is 24.5 Å². The lowest BCUT2D eigenvalue weighted by Crippen LogP contribution is -2.35. The van der Waals surface area contributed by atoms with Crippen molar-refractivity contribution >= 4 is 22.9 Å². The minimum atomic E-state index is -1.03. The number of fused-ring (bicyclic) bond motifs is 1. The van der Waals surface area contributed by atoms with Crippen molar-refractivity contribution in [3.63, 3.8) is 0 Å². The number of amides is 1. The second-order valence-electron chi connectivity index (χ2n) is 6.31. The van der Waals surface area contributed by atoms with E-state index in [9.17, 15) is 15.0 Å². The van der Waals surface area contributed by atoms with Crippen molar-refractivity contribution in [1.82, 2.24) is 19.5 Å². The molecule has 10 nitrogen and oxygen atoms in total. The van der Waals surface area contributed by atoms with E-state index in [1.54, 1.807) is 24.3 Å². The first-order valence-electron chi connectivity index (χ1n) is 8.65. The lowest BCUT2D eigenvalue weighted by atomic mass is 10.1. The van der Waals surface area contributed by atoms with Crippen molar-refractivity contribution in [1.29, 1.82) is 0 Å². The van der Waals surface area contributed by atoms with Crippen molar-refractivity contribution in [3.8, 4) is 0 Å². The van der Waals surface area contributed by atoms with E-state index in [1.807, 2.05) is 6.07 Å². The highest BCUT2D eigenvalue weighted by molar-refractivity contribution is 6.06. The molecule has 2 aromatic heterocycles. The average Bonchev–Trinajstić information content (AvgIpc) is 3.29. The number of benzene rings is 1. The van der Waals surface area contributed by atoms with E-state index in [0.29, 0.717) is 16.7 Å². The maximum Gasteiger partial charge on any atom is 0.256 e. The maximum absolute atomic E-state index is 12.4. The van der Waals surface area contributed by atoms with Crippen LogP contribution in [0.2, 0.25) is 0 Å². The van der Waals surface area contributed by atoms with Crippen LogP contribution < -0.4 is 5.32 Å². The zero-order valence-corrected chi connectivity index (χ0v) is 15.0. The van der Waals surface area contributed by atoms with Crippen LogP contribution in [0.25, 0.3) is 11.2 Å². The van der Waals surface area contributed by atoms with Gasteiger partial charge in [0.2, 0.25) is 0 Å². The Hall–Kier alpha value is -2.92. The Kier molecular flexibility index (Phi) is 5.01. The van der Waals surface area contributed by atoms with Gasteiger partial charge in [0.15, 0.2) is 23.2 Å². The molecule has 0 unspecified atom stereocenters. The summed E-state index contributed by atoms with van der Waals surface area (Å²) in [6.45, 7) is -0.300. The molecule has 1 aliphatic heterocycles. The molecule has 0 radical (unpaired) electrons. The molecule has 4 rings (SSSR count). The molecule has 28 heavy (non-hydrogen) atoms. The van der Waals surface area contributed by atoms with Crippen LogP contribution in [-0.4, -0.2) is 67.7 Å². The first-order chi connectivity index (χ1) is 13.6. The number of aliphatic hydroxyl groups excluding tert-OH is 2. The van der Waals surface area contributed by atoms with Crippen LogP contribution in [-0.2, 0) is 9.47 Å². The number of ether oxygens (including phenoxy) is 2. The molecule has 1 aromatic carbocycles. The molecule has 146 valence electrons. The van der Waals surface area contributed by atoms with Gasteiger partial charge in [0, 0.05) is 12.7 Å². The Morgan fingerprint density at radius 3 is 2.75 bits per heavy atom. The third kappa shape index (κ3) is 3.12. The van der Waals surface area contributed by atoms with Crippen molar-refractivity contribution in [2.24, 2.45) is 0 Å². The fraction of sp³-hybridized carbons (Fsp3) is 0.333. The number of carbonyl (C=O) groups excluding carboxylic acids is 1. The Bertz CT molecular complexity index is 979. The zero-order chi connectivity index (χ0) is 19.7. The SMILES string of the molecule is CO[C@H]1[C@@H](O)[C@H](n2cnc3c(NC(=O)c4ccccc4)ncnc32)O[C@@H]1CO. The summed E-state index contributed by atoms with van der Waals surface area (Å²) in [5.74, 6) is -0.0841. The van der Waals surface area contributed by atoms with Crippen molar-refractivity contribution < 1.29 is 24.5 Å². The van der Waals surface area contributed by atoms with E-state index in [0.717, 1.165) is 0 Å². The number of rotatable bonds is 5. The number of hydrogen-bond acceptors (Lipinski definition) is 8. The Labute approximate surface area is 159 Å². The van der Waals surface area contributed by atoms with Crippen LogP contribution in [0.1, 0.15) is 16.6 Å². The highest BCUT2D eigenvalue weighted by Gasteiger charge is 2.45. The first-order valence-corrected chi connectivity index (χ1v) is 8.65. The fourth-order valence-electron chi connectivity index (χ4n) is 3.29. The van der Waals surface area contributed by atoms with Gasteiger partial charge in [0.05, 0.1) is 12.9 Å². The quantitative estimate of drug-likeness (QED) is 0.573. The lowest BCUT2D eigenvalue weighted by Gasteiger charge is -2.17. The predicted molar refractivity (Wildman–Crippen MR) is 97.5 cm³/mol. The number of carbonyl (C=O) groups is 1. The topological polar surface area (TPSA) is 132 Å². The number of hydrogen-bond donors (Lipinski definition) is 3. The predicted octanol–water partition coefficient (Wildman–Crippen LogP) is 0.344. The minimum absolute atomic E-state index is 0.243. The number of anilines is 1. The van der Waals surface area contributed by atoms with Gasteiger partial charge in [-0.2, -0.15) is 0 Å². The number of nitrogens with one attached hydrogen (secondary N) is 1. The van der Waals surface area contributed by atoms with Crippen LogP contribution in [0.3, 0.4) is 0 Å². The van der Waals surface area contributed by atoms with Crippen LogP contribution in [0.15, 0.2) is 43.0 Å². The second kappa shape index (κ2) is 7.60. The van der Waals surface area contributed by atoms with Crippen LogP contribution >= 0.6 is 0 Å². The summed E-state index contributed by atoms with van der Waals surface area (Å²) in [5.41, 5.74) is 1.21. The minimum Gasteiger partial charge on any atom is -0.394 e. The molecule has 1 fully saturated rings. The van der Waals surface area contributed by atoms with Gasteiger partial charge in [0.1, 0.15) is 24.6 Å². The Morgan fingerprint density at radius 2 is 2.07 bits per heavy atom. The summed E-state index contributed by atoms with van der Waals surface area (Å²) >= 11 is 0. The molecule has 1 saturated heterocycles. The summed E-state index contributed by atoms with van der Waals surface area (Å²) < 4.78 is 12.5. The van der Waals surface area contributed by atoms with E-state index < -0.39 is 24.5 Å². The molecule has 1 amide bonds. The molecule has 3 aromatic rings. The van der Waals surface area contributed by atoms with Gasteiger partial charge in [-0.3, -0.25) is 9.36 Å². The third-order valence-electron chi connectivity index (χ3n) is 4.66. The molecule has 3 heterocycles. The maximum atomic E-state index is 12.4. The fourth-order valence-corrected chi connectivity index (χ4v) is 3.29. The highest BCUT2D eigenvalue weighted by Crippen LogP contribution is 2.33. The Balaban J connectivity index is 1.65. The van der Waals surface area contributed by atoms with Gasteiger partial charge in [-0.05, 0) is 12.1 Å². The second-order valence-corrected chi connectivity index (χ2v) is 6.31. The summed E-state index contributed by atoms with van der Waals surface area (Å²) in [4.78, 5) is 25.0. The molecule has 10 heteroatoms. The first kappa shape index (κ1) is 18.4. The average molecular weight is 385 g/mol. The Morgan fingerprint density at radius 1 is 1.29 bits per heavy atom. The molecule has 1 aliphatic rings. The summed E-state index contributed by atoms with van der Waals surface area (Å²) in [7, 11) is 1.44. The standard InChI is InChI=1S/C18H19N5O5/c1-27-14-11(7-24)28-18(13(14)25)23-9-21-12-15(19-8-20-16(12)23)22-17(26)10-5-3-2-4-6-10/h2-6,8-9,11,13-14,18,24-25H,7H2,1H3,(H,19,20,22,26)/t11-,13-,14-,18-/m1/s1. The number of nitrogens with zero attached hydrogens (tertiary/aromatic N) is 4. The normalized spacial score (nSPS) is 24.5. The molecule has 0 saturated carbocycles. The van der Waals surface area contributed by atoms with Gasteiger partial charge in [0.25, 0.3) is 5.91 Å². The smallest absolute Gasteiger partial charge is 0.256 e. The van der Waals surface area contributed by atoms with Gasteiger partial charge in [-0.25, -0.2) is 15.0 Å². The molecular formula is C18H19N5O5. The molecule has 0 bridgehead atoms. The largest absolute Gasteiger partial charge is 0.394 e. The lowest BCUT2D eigenvalue weighted by molar-refractivity contribution is -0.0535. The van der Waals surface area contributed by atoms with E-state index in [2.05, 4.69) is 20.3 Å². The van der Waals surface area contributed by atoms with Gasteiger partial charge in [-0.1, -0.05) is 18.2 Å². The zero-order valence-electron chi connectivity index (χ0n) is 15.0. The van der Waals surface area contributed by atoms with Crippen molar-refractivity contribution in [3.05, 3.63) is 48.5 Å². The number of methoxy groups -OCH3 is 1. The molecule has 0 aliphatic carbocycles. The monoisotopic (exact) mass is 385 g/mol. The summed E-state index contributed by atoms with van der Waals surface area (Å²) in [6.07, 6.45) is -0.512. The summed E-state index contributed by atoms with van der Waals surface area (Å²) in [5, 5.41) is 22.7. The van der Waals surface area contributed by atoms with Gasteiger partial charge < -0.3 is 25.0 Å².